The number of hydrogen-bond donors (Lipinski definition) is 1. The summed E-state index contributed by atoms with van der Waals surface area (Å²) in [6.45, 7) is 2.31. The Balaban J connectivity index is 1.79. The average Bonchev–Trinajstić information content (AvgIpc) is 2.79. The molecule has 0 radical (unpaired) electrons. The summed E-state index contributed by atoms with van der Waals surface area (Å²) >= 11 is 1.52. The standard InChI is InChI=1S/C15H12F2N2S/c1-9-2-5-13-14(6-9)20-15(19-13)18-8-10-3-4-11(16)7-12(10)17/h2-7H,8H2,1H3,(H,18,19). The smallest absolute Gasteiger partial charge is 0.184 e. The van der Waals surface area contributed by atoms with Crippen molar-refractivity contribution in [3.05, 3.63) is 59.2 Å². The quantitative estimate of drug-likeness (QED) is 0.768. The highest BCUT2D eigenvalue weighted by Crippen LogP contribution is 2.27. The fourth-order valence-electron chi connectivity index (χ4n) is 1.94. The molecule has 0 bridgehead atoms. The number of rotatable bonds is 3. The van der Waals surface area contributed by atoms with Gasteiger partial charge in [-0.2, -0.15) is 0 Å². The number of nitrogens with zero attached hydrogens (tertiary/aromatic N) is 1. The number of anilines is 1. The molecule has 0 atom stereocenters. The molecule has 1 N–H and O–H groups in total. The van der Waals surface area contributed by atoms with Gasteiger partial charge >= 0.3 is 0 Å². The lowest BCUT2D eigenvalue weighted by atomic mass is 10.2. The monoisotopic (exact) mass is 290 g/mol. The topological polar surface area (TPSA) is 24.9 Å². The highest BCUT2D eigenvalue weighted by atomic mass is 32.1. The van der Waals surface area contributed by atoms with Crippen molar-refractivity contribution in [1.82, 2.24) is 4.98 Å². The minimum atomic E-state index is -0.568. The number of fused-ring (bicyclic) bond motifs is 1. The summed E-state index contributed by atoms with van der Waals surface area (Å²) in [4.78, 5) is 4.43. The van der Waals surface area contributed by atoms with Crippen LogP contribution in [-0.4, -0.2) is 4.98 Å². The van der Waals surface area contributed by atoms with Gasteiger partial charge in [0.2, 0.25) is 0 Å². The average molecular weight is 290 g/mol. The van der Waals surface area contributed by atoms with Crippen molar-refractivity contribution >= 4 is 26.7 Å². The molecular weight excluding hydrogens is 278 g/mol. The molecule has 0 aliphatic heterocycles. The van der Waals surface area contributed by atoms with Gasteiger partial charge in [-0.15, -0.1) is 0 Å². The Morgan fingerprint density at radius 3 is 2.80 bits per heavy atom. The minimum Gasteiger partial charge on any atom is -0.357 e. The molecule has 0 saturated carbocycles. The summed E-state index contributed by atoms with van der Waals surface area (Å²) in [6, 6.07) is 9.61. The molecule has 0 spiro atoms. The molecule has 2 aromatic carbocycles. The number of hydrogen-bond acceptors (Lipinski definition) is 3. The number of halogens is 2. The molecule has 2 nitrogen and oxygen atoms in total. The summed E-state index contributed by atoms with van der Waals surface area (Å²) in [5.41, 5.74) is 2.52. The second-order valence-corrected chi connectivity index (χ2v) is 5.61. The van der Waals surface area contributed by atoms with Gasteiger partial charge in [0.15, 0.2) is 5.13 Å². The summed E-state index contributed by atoms with van der Waals surface area (Å²) in [5.74, 6) is -1.11. The van der Waals surface area contributed by atoms with E-state index in [9.17, 15) is 8.78 Å². The molecule has 102 valence electrons. The number of benzene rings is 2. The molecular formula is C15H12F2N2S. The lowest BCUT2D eigenvalue weighted by Crippen LogP contribution is -2.01. The number of thiazole rings is 1. The molecule has 0 aliphatic carbocycles. The van der Waals surface area contributed by atoms with Crippen LogP contribution in [0.1, 0.15) is 11.1 Å². The van der Waals surface area contributed by atoms with Crippen LogP contribution >= 0.6 is 11.3 Å². The Hall–Kier alpha value is -2.01. The van der Waals surface area contributed by atoms with Crippen LogP contribution in [0.15, 0.2) is 36.4 Å². The molecule has 1 heterocycles. The van der Waals surface area contributed by atoms with Gasteiger partial charge in [0, 0.05) is 18.2 Å². The van der Waals surface area contributed by atoms with Gasteiger partial charge in [0.1, 0.15) is 11.6 Å². The third kappa shape index (κ3) is 2.63. The fourth-order valence-corrected chi connectivity index (χ4v) is 2.90. The highest BCUT2D eigenvalue weighted by Gasteiger charge is 2.06. The van der Waals surface area contributed by atoms with E-state index < -0.39 is 11.6 Å². The van der Waals surface area contributed by atoms with Crippen LogP contribution in [0.2, 0.25) is 0 Å². The first-order valence-corrected chi connectivity index (χ1v) is 6.98. The van der Waals surface area contributed by atoms with Crippen LogP contribution in [0.5, 0.6) is 0 Å². The van der Waals surface area contributed by atoms with E-state index >= 15 is 0 Å². The van der Waals surface area contributed by atoms with E-state index in [1.807, 2.05) is 19.1 Å². The Morgan fingerprint density at radius 1 is 1.15 bits per heavy atom. The van der Waals surface area contributed by atoms with E-state index in [0.717, 1.165) is 21.4 Å². The Labute approximate surface area is 119 Å². The summed E-state index contributed by atoms with van der Waals surface area (Å²) in [6.07, 6.45) is 0. The van der Waals surface area contributed by atoms with Crippen LogP contribution < -0.4 is 5.32 Å². The van der Waals surface area contributed by atoms with Crippen molar-refractivity contribution in [1.29, 1.82) is 0 Å². The minimum absolute atomic E-state index is 0.283. The molecule has 5 heteroatoms. The Bertz CT molecular complexity index is 768. The maximum absolute atomic E-state index is 13.5. The van der Waals surface area contributed by atoms with E-state index in [-0.39, 0.29) is 6.54 Å². The highest BCUT2D eigenvalue weighted by molar-refractivity contribution is 7.22. The third-order valence-electron chi connectivity index (χ3n) is 2.99. The van der Waals surface area contributed by atoms with Crippen molar-refractivity contribution in [2.45, 2.75) is 13.5 Å². The molecule has 0 aliphatic rings. The van der Waals surface area contributed by atoms with E-state index in [1.54, 1.807) is 0 Å². The fraction of sp³-hybridized carbons (Fsp3) is 0.133. The zero-order chi connectivity index (χ0) is 14.1. The maximum atomic E-state index is 13.5. The molecule has 20 heavy (non-hydrogen) atoms. The van der Waals surface area contributed by atoms with Gasteiger partial charge in [-0.1, -0.05) is 23.5 Å². The zero-order valence-corrected chi connectivity index (χ0v) is 11.6. The van der Waals surface area contributed by atoms with E-state index in [4.69, 9.17) is 0 Å². The van der Waals surface area contributed by atoms with Gasteiger partial charge in [0.25, 0.3) is 0 Å². The Kier molecular flexibility index (Phi) is 3.36. The van der Waals surface area contributed by atoms with E-state index in [1.165, 1.54) is 29.0 Å². The summed E-state index contributed by atoms with van der Waals surface area (Å²) in [7, 11) is 0. The first-order valence-electron chi connectivity index (χ1n) is 6.17. The normalized spacial score (nSPS) is 10.9. The van der Waals surface area contributed by atoms with Gasteiger partial charge in [0.05, 0.1) is 10.2 Å². The first-order chi connectivity index (χ1) is 9.61. The molecule has 3 rings (SSSR count). The maximum Gasteiger partial charge on any atom is 0.184 e. The largest absolute Gasteiger partial charge is 0.357 e. The van der Waals surface area contributed by atoms with Gasteiger partial charge in [-0.25, -0.2) is 13.8 Å². The van der Waals surface area contributed by atoms with E-state index in [0.29, 0.717) is 5.56 Å². The van der Waals surface area contributed by atoms with Crippen molar-refractivity contribution in [2.75, 3.05) is 5.32 Å². The number of aromatic nitrogens is 1. The van der Waals surface area contributed by atoms with Gasteiger partial charge < -0.3 is 5.32 Å². The van der Waals surface area contributed by atoms with Crippen molar-refractivity contribution in [3.8, 4) is 0 Å². The zero-order valence-electron chi connectivity index (χ0n) is 10.8. The molecule has 1 aromatic heterocycles. The van der Waals surface area contributed by atoms with Crippen LogP contribution in [0.25, 0.3) is 10.2 Å². The number of aryl methyl sites for hydroxylation is 1. The lowest BCUT2D eigenvalue weighted by molar-refractivity contribution is 0.574. The van der Waals surface area contributed by atoms with E-state index in [2.05, 4.69) is 16.4 Å². The predicted molar refractivity (Wildman–Crippen MR) is 78.0 cm³/mol. The van der Waals surface area contributed by atoms with Crippen LogP contribution in [-0.2, 0) is 6.54 Å². The van der Waals surface area contributed by atoms with Crippen LogP contribution in [0.3, 0.4) is 0 Å². The second kappa shape index (κ2) is 5.17. The third-order valence-corrected chi connectivity index (χ3v) is 3.96. The van der Waals surface area contributed by atoms with Crippen molar-refractivity contribution in [3.63, 3.8) is 0 Å². The van der Waals surface area contributed by atoms with Crippen molar-refractivity contribution in [2.24, 2.45) is 0 Å². The summed E-state index contributed by atoms with van der Waals surface area (Å²) in [5, 5.41) is 3.81. The molecule has 3 aromatic rings. The molecule has 0 amide bonds. The molecule has 0 fully saturated rings. The predicted octanol–water partition coefficient (Wildman–Crippen LogP) is 4.50. The van der Waals surface area contributed by atoms with Gasteiger partial charge in [-0.3, -0.25) is 0 Å². The SMILES string of the molecule is Cc1ccc2nc(NCc3ccc(F)cc3F)sc2c1. The lowest BCUT2D eigenvalue weighted by Gasteiger charge is -2.04. The second-order valence-electron chi connectivity index (χ2n) is 4.58. The first kappa shape index (κ1) is 13.0. The molecule has 0 saturated heterocycles. The molecule has 0 unspecified atom stereocenters. The van der Waals surface area contributed by atoms with Gasteiger partial charge in [-0.05, 0) is 30.7 Å². The van der Waals surface area contributed by atoms with Crippen LogP contribution in [0, 0.1) is 18.6 Å². The van der Waals surface area contributed by atoms with Crippen molar-refractivity contribution < 1.29 is 8.78 Å². The van der Waals surface area contributed by atoms with Crippen LogP contribution in [0.4, 0.5) is 13.9 Å². The summed E-state index contributed by atoms with van der Waals surface area (Å²) < 4.78 is 27.4. The number of nitrogens with one attached hydrogen (secondary N) is 1. The Morgan fingerprint density at radius 2 is 2.00 bits per heavy atom.